The Morgan fingerprint density at radius 2 is 2.10 bits per heavy atom. The van der Waals surface area contributed by atoms with E-state index in [2.05, 4.69) is 4.74 Å². The zero-order valence-electron chi connectivity index (χ0n) is 6.59. The van der Waals surface area contributed by atoms with Gasteiger partial charge in [-0.3, -0.25) is 4.79 Å². The highest BCUT2D eigenvalue weighted by atomic mass is 31.1. The van der Waals surface area contributed by atoms with E-state index in [1.165, 1.54) is 7.11 Å². The number of methoxy groups -OCH3 is 1. The third kappa shape index (κ3) is 4.71. The van der Waals surface area contributed by atoms with Crippen molar-refractivity contribution < 1.29 is 14.1 Å². The summed E-state index contributed by atoms with van der Waals surface area (Å²) in [6, 6.07) is 0. The fourth-order valence-electron chi connectivity index (χ4n) is 0.442. The Hall–Kier alpha value is -0.140. The van der Waals surface area contributed by atoms with Crippen LogP contribution in [0.4, 0.5) is 0 Å². The van der Waals surface area contributed by atoms with Crippen LogP contribution in [0.15, 0.2) is 0 Å². The smallest absolute Gasteiger partial charge is 0.305 e. The van der Waals surface area contributed by atoms with Gasteiger partial charge in [-0.15, -0.1) is 0 Å². The summed E-state index contributed by atoms with van der Waals surface area (Å²) in [4.78, 5) is 10.6. The van der Waals surface area contributed by atoms with Crippen molar-refractivity contribution >= 4 is 14.1 Å². The number of ether oxygens (including phenoxy) is 1. The minimum Gasteiger partial charge on any atom is -0.469 e. The van der Waals surface area contributed by atoms with Crippen molar-refractivity contribution in [1.29, 1.82) is 0 Å². The molecule has 0 saturated carbocycles. The van der Waals surface area contributed by atoms with Crippen molar-refractivity contribution in [3.63, 3.8) is 0 Å². The van der Waals surface area contributed by atoms with Crippen LogP contribution in [0.5, 0.6) is 0 Å². The fourth-order valence-corrected chi connectivity index (χ4v) is 1.12. The molecule has 0 aromatic rings. The highest BCUT2D eigenvalue weighted by molar-refractivity contribution is 7.51. The first kappa shape index (κ1) is 9.86. The molecule has 0 amide bonds. The normalized spacial score (nSPS) is 12.7. The molecule has 0 aliphatic carbocycles. The second-order valence-corrected chi connectivity index (χ2v) is 3.93. The van der Waals surface area contributed by atoms with Crippen molar-refractivity contribution in [3.8, 4) is 0 Å². The Labute approximate surface area is 62.5 Å². The Morgan fingerprint density at radius 1 is 1.50 bits per heavy atom. The maximum Gasteiger partial charge on any atom is 0.305 e. The Bertz CT molecular complexity index is 105. The van der Waals surface area contributed by atoms with E-state index in [1.807, 2.05) is 6.66 Å². The molecule has 0 aliphatic rings. The van der Waals surface area contributed by atoms with Gasteiger partial charge in [0.15, 0.2) is 0 Å². The third-order valence-electron chi connectivity index (χ3n) is 1.17. The van der Waals surface area contributed by atoms with Crippen LogP contribution < -0.4 is 0 Å². The first-order valence-electron chi connectivity index (χ1n) is 3.02. The molecule has 60 valence electrons. The minimum absolute atomic E-state index is 0.161. The zero-order chi connectivity index (χ0) is 7.98. The van der Waals surface area contributed by atoms with E-state index >= 15 is 0 Å². The van der Waals surface area contributed by atoms with Gasteiger partial charge in [0.1, 0.15) is 0 Å². The van der Waals surface area contributed by atoms with Gasteiger partial charge in [0.25, 0.3) is 0 Å². The first-order chi connectivity index (χ1) is 4.70. The lowest BCUT2D eigenvalue weighted by molar-refractivity contribution is -0.140. The quantitative estimate of drug-likeness (QED) is 0.463. The topological polar surface area (TPSA) is 35.5 Å². The maximum absolute atomic E-state index is 10.6. The molecule has 0 spiro atoms. The summed E-state index contributed by atoms with van der Waals surface area (Å²) in [5, 5.41) is 0. The number of rotatable bonds is 4. The van der Waals surface area contributed by atoms with Crippen molar-refractivity contribution in [2.24, 2.45) is 0 Å². The van der Waals surface area contributed by atoms with E-state index < -0.39 is 8.15 Å². The van der Waals surface area contributed by atoms with Crippen molar-refractivity contribution in [2.75, 3.05) is 27.0 Å². The van der Waals surface area contributed by atoms with Crippen LogP contribution in [0, 0.1) is 0 Å². The van der Waals surface area contributed by atoms with Gasteiger partial charge in [-0.1, -0.05) is 0 Å². The molecular formula is C6H13O3P. The monoisotopic (exact) mass is 164 g/mol. The largest absolute Gasteiger partial charge is 0.469 e. The van der Waals surface area contributed by atoms with Gasteiger partial charge in [0.05, 0.1) is 13.5 Å². The van der Waals surface area contributed by atoms with Gasteiger partial charge < -0.3 is 9.26 Å². The summed E-state index contributed by atoms with van der Waals surface area (Å²) in [6.45, 7) is 1.98. The molecule has 0 aromatic carbocycles. The summed E-state index contributed by atoms with van der Waals surface area (Å²) >= 11 is 0. The van der Waals surface area contributed by atoms with E-state index in [0.29, 0.717) is 6.42 Å². The zero-order valence-corrected chi connectivity index (χ0v) is 7.48. The number of esters is 1. The molecule has 0 heterocycles. The molecule has 0 aromatic heterocycles. The molecule has 0 fully saturated rings. The van der Waals surface area contributed by atoms with Crippen molar-refractivity contribution in [2.45, 2.75) is 6.42 Å². The van der Waals surface area contributed by atoms with Crippen LogP contribution >= 0.6 is 8.15 Å². The van der Waals surface area contributed by atoms with Gasteiger partial charge >= 0.3 is 5.97 Å². The van der Waals surface area contributed by atoms with Gasteiger partial charge in [-0.05, 0) is 6.66 Å². The highest BCUT2D eigenvalue weighted by Crippen LogP contribution is 2.30. The molecule has 4 heteroatoms. The minimum atomic E-state index is -0.417. The first-order valence-corrected chi connectivity index (χ1v) is 4.92. The lowest BCUT2D eigenvalue weighted by atomic mass is 10.5. The van der Waals surface area contributed by atoms with E-state index in [4.69, 9.17) is 4.52 Å². The van der Waals surface area contributed by atoms with E-state index in [-0.39, 0.29) is 5.97 Å². The molecule has 10 heavy (non-hydrogen) atoms. The summed E-state index contributed by atoms with van der Waals surface area (Å²) < 4.78 is 9.46. The molecule has 0 bridgehead atoms. The Kier molecular flexibility index (Phi) is 5.55. The SMILES string of the molecule is COC(=O)CCP(C)OC. The van der Waals surface area contributed by atoms with Crippen LogP contribution in [0.2, 0.25) is 0 Å². The van der Waals surface area contributed by atoms with Crippen LogP contribution in [-0.4, -0.2) is 33.0 Å². The number of carbonyl (C=O) groups is 1. The molecule has 0 rings (SSSR count). The molecule has 0 radical (unpaired) electrons. The maximum atomic E-state index is 10.6. The summed E-state index contributed by atoms with van der Waals surface area (Å²) in [6.07, 6.45) is 1.26. The van der Waals surface area contributed by atoms with Crippen LogP contribution in [0.3, 0.4) is 0 Å². The number of hydrogen-bond acceptors (Lipinski definition) is 3. The standard InChI is InChI=1S/C6H13O3P/c1-8-6(7)4-5-10(3)9-2/h4-5H2,1-3H3. The molecule has 0 saturated heterocycles. The van der Waals surface area contributed by atoms with Crippen molar-refractivity contribution in [3.05, 3.63) is 0 Å². The van der Waals surface area contributed by atoms with E-state index in [1.54, 1.807) is 7.11 Å². The molecular weight excluding hydrogens is 151 g/mol. The lowest BCUT2D eigenvalue weighted by Gasteiger charge is -2.06. The van der Waals surface area contributed by atoms with Crippen LogP contribution in [0.25, 0.3) is 0 Å². The number of carbonyl (C=O) groups excluding carboxylic acids is 1. The number of hydrogen-bond donors (Lipinski definition) is 0. The summed E-state index contributed by atoms with van der Waals surface area (Å²) in [7, 11) is 2.63. The van der Waals surface area contributed by atoms with Gasteiger partial charge in [0, 0.05) is 21.4 Å². The second-order valence-electron chi connectivity index (χ2n) is 1.86. The molecule has 1 unspecified atom stereocenters. The van der Waals surface area contributed by atoms with Gasteiger partial charge in [0.2, 0.25) is 0 Å². The molecule has 0 N–H and O–H groups in total. The molecule has 3 nitrogen and oxygen atoms in total. The summed E-state index contributed by atoms with van der Waals surface area (Å²) in [5.74, 6) is -0.161. The molecule has 0 aliphatic heterocycles. The average Bonchev–Trinajstić information content (AvgIpc) is 1.99. The second kappa shape index (κ2) is 5.63. The predicted octanol–water partition coefficient (Wildman–Crippen LogP) is 1.22. The third-order valence-corrected chi connectivity index (χ3v) is 2.65. The average molecular weight is 164 g/mol. The predicted molar refractivity (Wildman–Crippen MR) is 41.4 cm³/mol. The Morgan fingerprint density at radius 3 is 2.50 bits per heavy atom. The van der Waals surface area contributed by atoms with Gasteiger partial charge in [-0.2, -0.15) is 0 Å². The Balaban J connectivity index is 3.26. The van der Waals surface area contributed by atoms with Crippen LogP contribution in [0.1, 0.15) is 6.42 Å². The van der Waals surface area contributed by atoms with E-state index in [9.17, 15) is 4.79 Å². The fraction of sp³-hybridized carbons (Fsp3) is 0.833. The van der Waals surface area contributed by atoms with Crippen molar-refractivity contribution in [1.82, 2.24) is 0 Å². The van der Waals surface area contributed by atoms with Gasteiger partial charge in [-0.25, -0.2) is 0 Å². The van der Waals surface area contributed by atoms with Crippen LogP contribution in [-0.2, 0) is 14.1 Å². The molecule has 1 atom stereocenters. The summed E-state index contributed by atoms with van der Waals surface area (Å²) in [5.41, 5.74) is 0. The van der Waals surface area contributed by atoms with E-state index in [0.717, 1.165) is 6.16 Å². The highest BCUT2D eigenvalue weighted by Gasteiger charge is 2.04. The lowest BCUT2D eigenvalue weighted by Crippen LogP contribution is -2.02.